The fraction of sp³-hybridized carbons (Fsp3) is 0.500. The zero-order valence-corrected chi connectivity index (χ0v) is 12.9. The summed E-state index contributed by atoms with van der Waals surface area (Å²) >= 11 is 5.45. The number of nitrogens with one attached hydrogen (secondary N) is 1. The second-order valence-corrected chi connectivity index (χ2v) is 6.12. The van der Waals surface area contributed by atoms with Gasteiger partial charge in [0.15, 0.2) is 5.11 Å². The van der Waals surface area contributed by atoms with Crippen molar-refractivity contribution in [1.82, 2.24) is 15.1 Å². The van der Waals surface area contributed by atoms with Gasteiger partial charge in [0.1, 0.15) is 0 Å². The van der Waals surface area contributed by atoms with Crippen molar-refractivity contribution < 1.29 is 4.79 Å². The van der Waals surface area contributed by atoms with Gasteiger partial charge in [0, 0.05) is 38.6 Å². The zero-order chi connectivity index (χ0) is 14.7. The SMILES string of the molecule is O=C(C1CC1)N1CCN(C(=S)NCc2ccccc2)CC1. The average molecular weight is 303 g/mol. The molecule has 3 rings (SSSR count). The van der Waals surface area contributed by atoms with Gasteiger partial charge in [-0.25, -0.2) is 0 Å². The highest BCUT2D eigenvalue weighted by Crippen LogP contribution is 2.31. The molecule has 1 amide bonds. The molecule has 0 atom stereocenters. The van der Waals surface area contributed by atoms with Crippen LogP contribution >= 0.6 is 12.2 Å². The number of hydrogen-bond acceptors (Lipinski definition) is 2. The lowest BCUT2D eigenvalue weighted by molar-refractivity contribution is -0.133. The van der Waals surface area contributed by atoms with E-state index in [0.717, 1.165) is 50.7 Å². The van der Waals surface area contributed by atoms with E-state index in [-0.39, 0.29) is 0 Å². The Bertz CT molecular complexity index is 508. The van der Waals surface area contributed by atoms with Gasteiger partial charge in [0.2, 0.25) is 5.91 Å². The summed E-state index contributed by atoms with van der Waals surface area (Å²) in [5, 5.41) is 4.09. The molecule has 0 aromatic heterocycles. The average Bonchev–Trinajstić information content (AvgIpc) is 3.38. The number of carbonyl (C=O) groups excluding carboxylic acids is 1. The van der Waals surface area contributed by atoms with Crippen molar-refractivity contribution in [3.05, 3.63) is 35.9 Å². The van der Waals surface area contributed by atoms with Gasteiger partial charge in [0.05, 0.1) is 0 Å². The van der Waals surface area contributed by atoms with Gasteiger partial charge < -0.3 is 15.1 Å². The number of hydrogen-bond donors (Lipinski definition) is 1. The molecule has 0 unspecified atom stereocenters. The summed E-state index contributed by atoms with van der Waals surface area (Å²) in [4.78, 5) is 16.2. The van der Waals surface area contributed by atoms with Crippen molar-refractivity contribution in [2.75, 3.05) is 26.2 Å². The first-order valence-corrected chi connectivity index (χ1v) is 8.00. The van der Waals surface area contributed by atoms with Crippen molar-refractivity contribution >= 4 is 23.2 Å². The summed E-state index contributed by atoms with van der Waals surface area (Å²) in [6.45, 7) is 4.00. The number of nitrogens with zero attached hydrogens (tertiary/aromatic N) is 2. The lowest BCUT2D eigenvalue weighted by atomic mass is 10.2. The molecular weight excluding hydrogens is 282 g/mol. The molecule has 0 bridgehead atoms. The molecule has 1 aliphatic heterocycles. The molecule has 1 heterocycles. The third kappa shape index (κ3) is 3.73. The maximum atomic E-state index is 12.0. The second-order valence-electron chi connectivity index (χ2n) is 5.73. The van der Waals surface area contributed by atoms with Crippen LogP contribution in [0, 0.1) is 5.92 Å². The molecule has 1 aromatic carbocycles. The minimum atomic E-state index is 0.319. The van der Waals surface area contributed by atoms with Crippen LogP contribution in [0.5, 0.6) is 0 Å². The fourth-order valence-corrected chi connectivity index (χ4v) is 2.86. The minimum absolute atomic E-state index is 0.319. The highest BCUT2D eigenvalue weighted by Gasteiger charge is 2.34. The smallest absolute Gasteiger partial charge is 0.225 e. The van der Waals surface area contributed by atoms with Crippen LogP contribution in [0.2, 0.25) is 0 Å². The summed E-state index contributed by atoms with van der Waals surface area (Å²) in [6, 6.07) is 10.2. The van der Waals surface area contributed by atoms with Crippen molar-refractivity contribution in [2.24, 2.45) is 5.92 Å². The first kappa shape index (κ1) is 14.3. The summed E-state index contributed by atoms with van der Waals surface area (Å²) in [6.07, 6.45) is 2.16. The Morgan fingerprint density at radius 3 is 2.33 bits per heavy atom. The van der Waals surface area contributed by atoms with Crippen LogP contribution in [-0.2, 0) is 11.3 Å². The Labute approximate surface area is 131 Å². The van der Waals surface area contributed by atoms with Crippen LogP contribution in [-0.4, -0.2) is 47.0 Å². The molecule has 112 valence electrons. The predicted octanol–water partition coefficient (Wildman–Crippen LogP) is 1.62. The Kier molecular flexibility index (Phi) is 4.39. The Hall–Kier alpha value is -1.62. The van der Waals surface area contributed by atoms with E-state index in [4.69, 9.17) is 12.2 Å². The molecule has 2 aliphatic rings. The lowest BCUT2D eigenvalue weighted by Gasteiger charge is -2.36. The standard InChI is InChI=1S/C16H21N3OS/c20-15(14-6-7-14)18-8-10-19(11-9-18)16(21)17-12-13-4-2-1-3-5-13/h1-5,14H,6-12H2,(H,17,21). The molecule has 4 nitrogen and oxygen atoms in total. The van der Waals surface area contributed by atoms with Gasteiger partial charge in [-0.15, -0.1) is 0 Å². The molecule has 21 heavy (non-hydrogen) atoms. The number of amides is 1. The third-order valence-electron chi connectivity index (χ3n) is 4.09. The van der Waals surface area contributed by atoms with Gasteiger partial charge in [-0.1, -0.05) is 30.3 Å². The largest absolute Gasteiger partial charge is 0.358 e. The summed E-state index contributed by atoms with van der Waals surface area (Å²) in [5.74, 6) is 0.664. The zero-order valence-electron chi connectivity index (χ0n) is 12.1. The quantitative estimate of drug-likeness (QED) is 0.861. The van der Waals surface area contributed by atoms with Gasteiger partial charge >= 0.3 is 0 Å². The molecule has 1 aliphatic carbocycles. The molecule has 1 saturated carbocycles. The lowest BCUT2D eigenvalue weighted by Crippen LogP contribution is -2.53. The van der Waals surface area contributed by atoms with E-state index >= 15 is 0 Å². The minimum Gasteiger partial charge on any atom is -0.358 e. The molecule has 1 N–H and O–H groups in total. The van der Waals surface area contributed by atoms with E-state index in [1.54, 1.807) is 0 Å². The van der Waals surface area contributed by atoms with E-state index in [1.165, 1.54) is 5.56 Å². The summed E-state index contributed by atoms with van der Waals surface area (Å²) in [7, 11) is 0. The van der Waals surface area contributed by atoms with Crippen LogP contribution in [0.3, 0.4) is 0 Å². The van der Waals surface area contributed by atoms with E-state index in [9.17, 15) is 4.79 Å². The predicted molar refractivity (Wildman–Crippen MR) is 86.8 cm³/mol. The van der Waals surface area contributed by atoms with E-state index in [1.807, 2.05) is 23.1 Å². The van der Waals surface area contributed by atoms with E-state index < -0.39 is 0 Å². The highest BCUT2D eigenvalue weighted by atomic mass is 32.1. The highest BCUT2D eigenvalue weighted by molar-refractivity contribution is 7.80. The number of carbonyl (C=O) groups is 1. The normalized spacial score (nSPS) is 18.5. The molecular formula is C16H21N3OS. The topological polar surface area (TPSA) is 35.6 Å². The Morgan fingerprint density at radius 2 is 1.71 bits per heavy atom. The van der Waals surface area contributed by atoms with Gasteiger partial charge in [-0.2, -0.15) is 0 Å². The van der Waals surface area contributed by atoms with Gasteiger partial charge in [-0.3, -0.25) is 4.79 Å². The molecule has 2 fully saturated rings. The number of thiocarbonyl (C=S) groups is 1. The maximum absolute atomic E-state index is 12.0. The van der Waals surface area contributed by atoms with Crippen LogP contribution in [0.4, 0.5) is 0 Å². The maximum Gasteiger partial charge on any atom is 0.225 e. The van der Waals surface area contributed by atoms with Crippen LogP contribution in [0.1, 0.15) is 18.4 Å². The monoisotopic (exact) mass is 303 g/mol. The Balaban J connectivity index is 1.43. The van der Waals surface area contributed by atoms with E-state index in [2.05, 4.69) is 22.3 Å². The summed E-state index contributed by atoms with van der Waals surface area (Å²) in [5.41, 5.74) is 1.22. The molecule has 0 spiro atoms. The van der Waals surface area contributed by atoms with Crippen LogP contribution in [0.15, 0.2) is 30.3 Å². The third-order valence-corrected chi connectivity index (χ3v) is 4.49. The first-order valence-electron chi connectivity index (χ1n) is 7.59. The van der Waals surface area contributed by atoms with Crippen molar-refractivity contribution in [3.8, 4) is 0 Å². The van der Waals surface area contributed by atoms with Gasteiger partial charge in [-0.05, 0) is 30.6 Å². The first-order chi connectivity index (χ1) is 10.2. The molecule has 5 heteroatoms. The van der Waals surface area contributed by atoms with E-state index in [0.29, 0.717) is 11.8 Å². The van der Waals surface area contributed by atoms with Crippen molar-refractivity contribution in [1.29, 1.82) is 0 Å². The van der Waals surface area contributed by atoms with Crippen molar-refractivity contribution in [3.63, 3.8) is 0 Å². The fourth-order valence-electron chi connectivity index (χ4n) is 2.60. The molecule has 1 aromatic rings. The number of rotatable bonds is 3. The number of piperazine rings is 1. The number of benzene rings is 1. The molecule has 0 radical (unpaired) electrons. The van der Waals surface area contributed by atoms with Gasteiger partial charge in [0.25, 0.3) is 0 Å². The van der Waals surface area contributed by atoms with Crippen LogP contribution in [0.25, 0.3) is 0 Å². The summed E-state index contributed by atoms with van der Waals surface area (Å²) < 4.78 is 0. The van der Waals surface area contributed by atoms with Crippen LogP contribution < -0.4 is 5.32 Å². The van der Waals surface area contributed by atoms with Crippen molar-refractivity contribution in [2.45, 2.75) is 19.4 Å². The second kappa shape index (κ2) is 6.43. The molecule has 1 saturated heterocycles. The Morgan fingerprint density at radius 1 is 1.10 bits per heavy atom.